The highest BCUT2D eigenvalue weighted by atomic mass is 32.2. The molecule has 2 N–H and O–H groups in total. The second-order valence-corrected chi connectivity index (χ2v) is 7.10. The molecular formula is C12H11FN2O4S2. The number of carboxylic acids is 1. The van der Waals surface area contributed by atoms with Crippen LogP contribution in [0.1, 0.15) is 20.9 Å². The van der Waals surface area contributed by atoms with Crippen molar-refractivity contribution in [1.82, 2.24) is 4.98 Å². The van der Waals surface area contributed by atoms with E-state index in [1.807, 2.05) is 0 Å². The first-order valence-corrected chi connectivity index (χ1v) is 8.00. The number of sulfonamides is 1. The first-order valence-electron chi connectivity index (χ1n) is 5.70. The van der Waals surface area contributed by atoms with Crippen LogP contribution in [0.25, 0.3) is 0 Å². The molecule has 1 heterocycles. The predicted molar refractivity (Wildman–Crippen MR) is 75.8 cm³/mol. The molecule has 0 amide bonds. The minimum absolute atomic E-state index is 0.172. The van der Waals surface area contributed by atoms with Gasteiger partial charge < -0.3 is 5.11 Å². The van der Waals surface area contributed by atoms with E-state index in [1.54, 1.807) is 13.8 Å². The molecule has 0 saturated heterocycles. The number of carbonyl (C=O) groups is 1. The first-order chi connectivity index (χ1) is 9.70. The summed E-state index contributed by atoms with van der Waals surface area (Å²) in [6, 6.07) is 2.57. The minimum Gasteiger partial charge on any atom is -0.478 e. The van der Waals surface area contributed by atoms with Crippen molar-refractivity contribution in [2.24, 2.45) is 0 Å². The number of carboxylic acid groups (broad SMARTS) is 1. The average molecular weight is 330 g/mol. The van der Waals surface area contributed by atoms with E-state index in [4.69, 9.17) is 5.11 Å². The van der Waals surface area contributed by atoms with Crippen LogP contribution in [0.5, 0.6) is 0 Å². The summed E-state index contributed by atoms with van der Waals surface area (Å²) in [5.41, 5.74) is -0.00703. The SMILES string of the molecule is Cc1nc(NS(=O)(=O)c2ccc(F)c(C(=O)O)c2)sc1C. The predicted octanol–water partition coefficient (Wildman–Crippen LogP) is 2.40. The smallest absolute Gasteiger partial charge is 0.338 e. The van der Waals surface area contributed by atoms with Gasteiger partial charge in [0, 0.05) is 4.88 Å². The molecule has 2 aromatic rings. The molecule has 21 heavy (non-hydrogen) atoms. The summed E-state index contributed by atoms with van der Waals surface area (Å²) >= 11 is 1.16. The largest absolute Gasteiger partial charge is 0.478 e. The lowest BCUT2D eigenvalue weighted by atomic mass is 10.2. The zero-order chi connectivity index (χ0) is 15.8. The van der Waals surface area contributed by atoms with Crippen LogP contribution < -0.4 is 4.72 Å². The van der Waals surface area contributed by atoms with E-state index < -0.39 is 27.4 Å². The topological polar surface area (TPSA) is 96.4 Å². The van der Waals surface area contributed by atoms with E-state index in [1.165, 1.54) is 0 Å². The number of benzene rings is 1. The third-order valence-electron chi connectivity index (χ3n) is 2.73. The van der Waals surface area contributed by atoms with Crippen LogP contribution in [-0.2, 0) is 10.0 Å². The van der Waals surface area contributed by atoms with Crippen molar-refractivity contribution < 1.29 is 22.7 Å². The molecule has 9 heteroatoms. The van der Waals surface area contributed by atoms with Crippen molar-refractivity contribution in [2.45, 2.75) is 18.7 Å². The highest BCUT2D eigenvalue weighted by molar-refractivity contribution is 7.93. The van der Waals surface area contributed by atoms with Gasteiger partial charge in [0.05, 0.1) is 16.2 Å². The molecule has 0 atom stereocenters. The van der Waals surface area contributed by atoms with Gasteiger partial charge in [-0.15, -0.1) is 11.3 Å². The number of aryl methyl sites for hydroxylation is 2. The lowest BCUT2D eigenvalue weighted by Gasteiger charge is -2.06. The van der Waals surface area contributed by atoms with E-state index in [9.17, 15) is 17.6 Å². The van der Waals surface area contributed by atoms with Gasteiger partial charge in [-0.3, -0.25) is 4.72 Å². The minimum atomic E-state index is -4.02. The highest BCUT2D eigenvalue weighted by Gasteiger charge is 2.20. The standard InChI is InChI=1S/C12H11FN2O4S2/c1-6-7(2)20-12(14-6)15-21(18,19)8-3-4-10(13)9(5-8)11(16)17/h3-5H,1-2H3,(H,14,15)(H,16,17). The van der Waals surface area contributed by atoms with Crippen LogP contribution >= 0.6 is 11.3 Å². The normalized spacial score (nSPS) is 11.4. The van der Waals surface area contributed by atoms with Gasteiger partial charge in [0.2, 0.25) is 0 Å². The maximum absolute atomic E-state index is 13.3. The van der Waals surface area contributed by atoms with Crippen molar-refractivity contribution >= 4 is 32.5 Å². The molecule has 0 aliphatic carbocycles. The van der Waals surface area contributed by atoms with E-state index in [0.29, 0.717) is 5.69 Å². The monoisotopic (exact) mass is 330 g/mol. The average Bonchev–Trinajstić information content (AvgIpc) is 2.67. The van der Waals surface area contributed by atoms with Crippen LogP contribution in [0.2, 0.25) is 0 Å². The third kappa shape index (κ3) is 3.19. The summed E-state index contributed by atoms with van der Waals surface area (Å²) in [6.45, 7) is 3.54. The maximum atomic E-state index is 13.3. The Labute approximate surface area is 124 Å². The third-order valence-corrected chi connectivity index (χ3v) is 5.18. The lowest BCUT2D eigenvalue weighted by Crippen LogP contribution is -2.14. The van der Waals surface area contributed by atoms with Crippen LogP contribution in [-0.4, -0.2) is 24.5 Å². The van der Waals surface area contributed by atoms with Gasteiger partial charge in [-0.2, -0.15) is 0 Å². The second kappa shape index (κ2) is 5.41. The Kier molecular flexibility index (Phi) is 3.97. The number of thiazole rings is 1. The zero-order valence-corrected chi connectivity index (χ0v) is 12.7. The van der Waals surface area contributed by atoms with E-state index >= 15 is 0 Å². The molecule has 0 unspecified atom stereocenters. The highest BCUT2D eigenvalue weighted by Crippen LogP contribution is 2.24. The molecule has 0 bridgehead atoms. The number of halogens is 1. The number of anilines is 1. The van der Waals surface area contributed by atoms with Crippen molar-refractivity contribution in [1.29, 1.82) is 0 Å². The van der Waals surface area contributed by atoms with Gasteiger partial charge in [-0.1, -0.05) is 0 Å². The summed E-state index contributed by atoms with van der Waals surface area (Å²) < 4.78 is 39.8. The number of hydrogen-bond donors (Lipinski definition) is 2. The van der Waals surface area contributed by atoms with Gasteiger partial charge >= 0.3 is 5.97 Å². The van der Waals surface area contributed by atoms with Crippen LogP contribution in [0.15, 0.2) is 23.1 Å². The van der Waals surface area contributed by atoms with Crippen molar-refractivity contribution in [3.05, 3.63) is 40.2 Å². The Hall–Kier alpha value is -2.00. The first kappa shape index (κ1) is 15.4. The fourth-order valence-electron chi connectivity index (χ4n) is 1.53. The van der Waals surface area contributed by atoms with Gasteiger partial charge in [-0.25, -0.2) is 22.6 Å². The van der Waals surface area contributed by atoms with E-state index in [0.717, 1.165) is 34.4 Å². The summed E-state index contributed by atoms with van der Waals surface area (Å²) in [4.78, 5) is 15.4. The molecule has 6 nitrogen and oxygen atoms in total. The Bertz CT molecular complexity index is 795. The zero-order valence-electron chi connectivity index (χ0n) is 11.0. The maximum Gasteiger partial charge on any atom is 0.338 e. The Balaban J connectivity index is 2.40. The summed E-state index contributed by atoms with van der Waals surface area (Å²) in [6.07, 6.45) is 0. The molecule has 1 aromatic carbocycles. The molecule has 0 fully saturated rings. The van der Waals surface area contributed by atoms with Crippen LogP contribution in [0.3, 0.4) is 0 Å². The number of nitrogens with zero attached hydrogens (tertiary/aromatic N) is 1. The number of nitrogens with one attached hydrogen (secondary N) is 1. The van der Waals surface area contributed by atoms with Crippen molar-refractivity contribution in [2.75, 3.05) is 4.72 Å². The molecule has 112 valence electrons. The molecular weight excluding hydrogens is 319 g/mol. The van der Waals surface area contributed by atoms with E-state index in [-0.39, 0.29) is 10.0 Å². The Morgan fingerprint density at radius 2 is 2.05 bits per heavy atom. The molecule has 0 radical (unpaired) electrons. The Morgan fingerprint density at radius 1 is 1.38 bits per heavy atom. The summed E-state index contributed by atoms with van der Waals surface area (Å²) in [5, 5.41) is 8.99. The molecule has 2 rings (SSSR count). The molecule has 0 saturated carbocycles. The number of rotatable bonds is 4. The number of aromatic carboxylic acids is 1. The number of aromatic nitrogens is 1. The van der Waals surface area contributed by atoms with Crippen molar-refractivity contribution in [3.8, 4) is 0 Å². The van der Waals surface area contributed by atoms with Gasteiger partial charge in [0.15, 0.2) is 5.13 Å². The quantitative estimate of drug-likeness (QED) is 0.897. The number of hydrogen-bond acceptors (Lipinski definition) is 5. The van der Waals surface area contributed by atoms with Crippen LogP contribution in [0, 0.1) is 19.7 Å². The van der Waals surface area contributed by atoms with Crippen LogP contribution in [0.4, 0.5) is 9.52 Å². The Morgan fingerprint density at radius 3 is 2.57 bits per heavy atom. The lowest BCUT2D eigenvalue weighted by molar-refractivity contribution is 0.0691. The molecule has 0 spiro atoms. The molecule has 1 aromatic heterocycles. The van der Waals surface area contributed by atoms with Crippen molar-refractivity contribution in [3.63, 3.8) is 0 Å². The fraction of sp³-hybridized carbons (Fsp3) is 0.167. The summed E-state index contributed by atoms with van der Waals surface area (Å²) in [7, 11) is -4.02. The van der Waals surface area contributed by atoms with E-state index in [2.05, 4.69) is 9.71 Å². The molecule has 0 aliphatic heterocycles. The fourth-order valence-corrected chi connectivity index (χ4v) is 3.60. The van der Waals surface area contributed by atoms with Gasteiger partial charge in [0.25, 0.3) is 10.0 Å². The second-order valence-electron chi connectivity index (χ2n) is 4.21. The summed E-state index contributed by atoms with van der Waals surface area (Å²) in [5.74, 6) is -2.53. The van der Waals surface area contributed by atoms with Gasteiger partial charge in [0.1, 0.15) is 5.82 Å². The molecule has 0 aliphatic rings. The van der Waals surface area contributed by atoms with Gasteiger partial charge in [-0.05, 0) is 32.0 Å².